The van der Waals surface area contributed by atoms with E-state index in [0.29, 0.717) is 6.42 Å². The maximum Gasteiger partial charge on any atom is 0.281 e. The Balaban J connectivity index is 2.47. The van der Waals surface area contributed by atoms with Gasteiger partial charge in [0.25, 0.3) is 10.2 Å². The van der Waals surface area contributed by atoms with Crippen LogP contribution in [0.4, 0.5) is 0 Å². The van der Waals surface area contributed by atoms with Crippen LogP contribution in [0.15, 0.2) is 24.3 Å². The average Bonchev–Trinajstić information content (AvgIpc) is 2.35. The molecule has 0 fully saturated rings. The van der Waals surface area contributed by atoms with Gasteiger partial charge in [-0.3, -0.25) is 0 Å². The molecule has 2 rings (SSSR count). The minimum absolute atomic E-state index is 0.220. The third-order valence-corrected chi connectivity index (χ3v) is 5.52. The maximum absolute atomic E-state index is 12.4. The summed E-state index contributed by atoms with van der Waals surface area (Å²) in [6.07, 6.45) is 0.619. The number of para-hydroxylation sites is 1. The largest absolute Gasteiger partial charge is 0.487 e. The third-order valence-electron chi connectivity index (χ3n) is 3.61. The molecule has 1 aromatic carbocycles. The van der Waals surface area contributed by atoms with Gasteiger partial charge in [0.1, 0.15) is 11.4 Å². The van der Waals surface area contributed by atoms with Gasteiger partial charge in [0.15, 0.2) is 0 Å². The highest BCUT2D eigenvalue weighted by molar-refractivity contribution is 7.86. The molecule has 5 nitrogen and oxygen atoms in total. The second kappa shape index (κ2) is 5.02. The van der Waals surface area contributed by atoms with Crippen LogP contribution in [-0.4, -0.2) is 43.8 Å². The molecule has 0 saturated heterocycles. The molecule has 6 heteroatoms. The Kier molecular flexibility index (Phi) is 3.83. The Morgan fingerprint density at radius 3 is 2.40 bits per heavy atom. The first-order valence-corrected chi connectivity index (χ1v) is 7.98. The van der Waals surface area contributed by atoms with E-state index in [0.717, 1.165) is 11.3 Å². The molecule has 112 valence electrons. The topological polar surface area (TPSA) is 49.9 Å². The number of hydrogen-bond donors (Lipinski definition) is 0. The molecule has 1 aliphatic rings. The van der Waals surface area contributed by atoms with Crippen LogP contribution in [-0.2, 0) is 10.2 Å². The Labute approximate surface area is 121 Å². The summed E-state index contributed by atoms with van der Waals surface area (Å²) in [6.45, 7) is 3.96. The summed E-state index contributed by atoms with van der Waals surface area (Å²) in [4.78, 5) is 0. The first kappa shape index (κ1) is 15.3. The summed E-state index contributed by atoms with van der Waals surface area (Å²) in [6, 6.07) is 7.40. The van der Waals surface area contributed by atoms with Crippen LogP contribution >= 0.6 is 0 Å². The molecule has 0 amide bonds. The summed E-state index contributed by atoms with van der Waals surface area (Å²) in [7, 11) is 1.25. The van der Waals surface area contributed by atoms with E-state index in [1.54, 1.807) is 21.1 Å². The molecule has 0 saturated carbocycles. The molecule has 20 heavy (non-hydrogen) atoms. The van der Waals surface area contributed by atoms with E-state index in [4.69, 9.17) is 4.74 Å². The molecule has 1 aromatic rings. The zero-order valence-electron chi connectivity index (χ0n) is 12.6. The lowest BCUT2D eigenvalue weighted by Gasteiger charge is -2.41. The lowest BCUT2D eigenvalue weighted by molar-refractivity contribution is 0.0533. The van der Waals surface area contributed by atoms with Crippen LogP contribution in [0, 0.1) is 0 Å². The van der Waals surface area contributed by atoms with Gasteiger partial charge in [-0.25, -0.2) is 0 Å². The van der Waals surface area contributed by atoms with Gasteiger partial charge in [0.2, 0.25) is 0 Å². The molecule has 0 aliphatic carbocycles. The van der Waals surface area contributed by atoms with Crippen LogP contribution in [0.5, 0.6) is 5.75 Å². The maximum atomic E-state index is 12.4. The normalized spacial score (nSPS) is 21.6. The lowest BCUT2D eigenvalue weighted by atomic mass is 9.90. The van der Waals surface area contributed by atoms with Gasteiger partial charge < -0.3 is 4.74 Å². The summed E-state index contributed by atoms with van der Waals surface area (Å²) in [5.41, 5.74) is 0.523. The number of hydrogen-bond acceptors (Lipinski definition) is 3. The van der Waals surface area contributed by atoms with Crippen molar-refractivity contribution in [1.29, 1.82) is 0 Å². The quantitative estimate of drug-likeness (QED) is 0.858. The standard InChI is InChI=1S/C14H22N2O3S/c1-14(2)10-12(16(5)20(17,18)15(3)4)11-8-6-7-9-13(11)19-14/h6-9,12H,10H2,1-5H3. The third kappa shape index (κ3) is 2.68. The monoisotopic (exact) mass is 298 g/mol. The van der Waals surface area contributed by atoms with E-state index in [9.17, 15) is 8.42 Å². The van der Waals surface area contributed by atoms with Crippen molar-refractivity contribution in [2.24, 2.45) is 0 Å². The van der Waals surface area contributed by atoms with Gasteiger partial charge in [0, 0.05) is 33.1 Å². The zero-order chi connectivity index (χ0) is 15.1. The fourth-order valence-corrected chi connectivity index (χ4v) is 3.53. The molecular weight excluding hydrogens is 276 g/mol. The molecule has 0 aromatic heterocycles. The van der Waals surface area contributed by atoms with Crippen LogP contribution in [0.1, 0.15) is 31.9 Å². The van der Waals surface area contributed by atoms with E-state index in [1.165, 1.54) is 8.61 Å². The SMILES string of the molecule is CN(C)S(=O)(=O)N(C)C1CC(C)(C)Oc2ccccc21. The fraction of sp³-hybridized carbons (Fsp3) is 0.571. The second-order valence-electron chi connectivity index (χ2n) is 5.93. The minimum Gasteiger partial charge on any atom is -0.487 e. The van der Waals surface area contributed by atoms with Crippen molar-refractivity contribution in [2.75, 3.05) is 21.1 Å². The number of nitrogens with zero attached hydrogens (tertiary/aromatic N) is 2. The van der Waals surface area contributed by atoms with Crippen LogP contribution < -0.4 is 4.74 Å². The summed E-state index contributed by atoms with van der Waals surface area (Å²) in [5.74, 6) is 0.759. The van der Waals surface area contributed by atoms with Crippen molar-refractivity contribution in [3.05, 3.63) is 29.8 Å². The first-order valence-electron chi connectivity index (χ1n) is 6.58. The number of rotatable bonds is 3. The fourth-order valence-electron chi connectivity index (χ4n) is 2.51. The molecule has 0 radical (unpaired) electrons. The van der Waals surface area contributed by atoms with Crippen molar-refractivity contribution >= 4 is 10.2 Å². The van der Waals surface area contributed by atoms with E-state index < -0.39 is 15.8 Å². The number of benzene rings is 1. The van der Waals surface area contributed by atoms with Gasteiger partial charge in [0.05, 0.1) is 6.04 Å². The van der Waals surface area contributed by atoms with E-state index in [1.807, 2.05) is 38.1 Å². The van der Waals surface area contributed by atoms with Gasteiger partial charge >= 0.3 is 0 Å². The Bertz CT molecular complexity index is 596. The van der Waals surface area contributed by atoms with Gasteiger partial charge in [-0.15, -0.1) is 0 Å². The number of fused-ring (bicyclic) bond motifs is 1. The predicted octanol–water partition coefficient (Wildman–Crippen LogP) is 2.03. The van der Waals surface area contributed by atoms with Gasteiger partial charge in [-0.1, -0.05) is 18.2 Å². The predicted molar refractivity (Wildman–Crippen MR) is 78.9 cm³/mol. The highest BCUT2D eigenvalue weighted by Gasteiger charge is 2.39. The van der Waals surface area contributed by atoms with Gasteiger partial charge in [-0.05, 0) is 19.9 Å². The molecule has 0 bridgehead atoms. The lowest BCUT2D eigenvalue weighted by Crippen LogP contribution is -2.45. The highest BCUT2D eigenvalue weighted by atomic mass is 32.2. The van der Waals surface area contributed by atoms with E-state index in [-0.39, 0.29) is 6.04 Å². The molecular formula is C14H22N2O3S. The van der Waals surface area contributed by atoms with Gasteiger partial charge in [-0.2, -0.15) is 17.0 Å². The van der Waals surface area contributed by atoms with Crippen LogP contribution in [0.2, 0.25) is 0 Å². The summed E-state index contributed by atoms with van der Waals surface area (Å²) >= 11 is 0. The van der Waals surface area contributed by atoms with E-state index >= 15 is 0 Å². The van der Waals surface area contributed by atoms with Crippen molar-refractivity contribution in [3.63, 3.8) is 0 Å². The van der Waals surface area contributed by atoms with Crippen molar-refractivity contribution in [3.8, 4) is 5.75 Å². The molecule has 0 N–H and O–H groups in total. The first-order chi connectivity index (χ1) is 9.15. The van der Waals surface area contributed by atoms with Crippen molar-refractivity contribution in [1.82, 2.24) is 8.61 Å². The Morgan fingerprint density at radius 1 is 1.20 bits per heavy atom. The summed E-state index contributed by atoms with van der Waals surface area (Å²) in [5, 5.41) is 0. The second-order valence-corrected chi connectivity index (χ2v) is 8.13. The Hall–Kier alpha value is -1.11. The smallest absolute Gasteiger partial charge is 0.281 e. The number of ether oxygens (including phenoxy) is 1. The molecule has 1 aliphatic heterocycles. The average molecular weight is 298 g/mol. The molecule has 1 atom stereocenters. The zero-order valence-corrected chi connectivity index (χ0v) is 13.4. The summed E-state index contributed by atoms with van der Waals surface area (Å²) < 4.78 is 33.3. The van der Waals surface area contributed by atoms with E-state index in [2.05, 4.69) is 0 Å². The molecule has 1 heterocycles. The minimum atomic E-state index is -3.46. The Morgan fingerprint density at radius 2 is 1.80 bits per heavy atom. The highest BCUT2D eigenvalue weighted by Crippen LogP contribution is 2.42. The van der Waals surface area contributed by atoms with Crippen LogP contribution in [0.3, 0.4) is 0 Å². The molecule has 1 unspecified atom stereocenters. The van der Waals surface area contributed by atoms with Crippen molar-refractivity contribution < 1.29 is 13.2 Å². The molecule has 0 spiro atoms. The van der Waals surface area contributed by atoms with Crippen LogP contribution in [0.25, 0.3) is 0 Å². The van der Waals surface area contributed by atoms with Crippen molar-refractivity contribution in [2.45, 2.75) is 31.9 Å².